The molecule has 0 aliphatic rings. The zero-order valence-electron chi connectivity index (χ0n) is 16.7. The Hall–Kier alpha value is -2.06. The molecule has 0 amide bonds. The Morgan fingerprint density at radius 2 is 1.83 bits per heavy atom. The minimum absolute atomic E-state index is 0. The molecule has 0 saturated carbocycles. The molecule has 29 heavy (non-hydrogen) atoms. The Bertz CT molecular complexity index is 921. The Morgan fingerprint density at radius 3 is 2.52 bits per heavy atom. The van der Waals surface area contributed by atoms with Gasteiger partial charge < -0.3 is 15.2 Å². The van der Waals surface area contributed by atoms with Gasteiger partial charge >= 0.3 is 0 Å². The summed E-state index contributed by atoms with van der Waals surface area (Å²) in [7, 11) is 1.79. The van der Waals surface area contributed by atoms with Crippen molar-refractivity contribution in [1.29, 1.82) is 0 Å². The first kappa shape index (κ1) is 23.2. The van der Waals surface area contributed by atoms with E-state index < -0.39 is 0 Å². The van der Waals surface area contributed by atoms with Crippen LogP contribution in [-0.2, 0) is 19.5 Å². The number of aromatic nitrogens is 2. The van der Waals surface area contributed by atoms with Gasteiger partial charge in [-0.3, -0.25) is 4.99 Å². The normalized spacial score (nSPS) is 11.1. The SMILES string of the molecule is CN=C(NCCc1ccc(Cl)cc1)NCc1cccc(Cn2ccnc2C)c1.I. The number of hydrogen-bond acceptors (Lipinski definition) is 2. The molecule has 0 spiro atoms. The van der Waals surface area contributed by atoms with Crippen LogP contribution in [0, 0.1) is 6.92 Å². The van der Waals surface area contributed by atoms with Crippen molar-refractivity contribution in [3.63, 3.8) is 0 Å². The summed E-state index contributed by atoms with van der Waals surface area (Å²) in [5.74, 6) is 1.82. The van der Waals surface area contributed by atoms with Crippen LogP contribution in [0.15, 0.2) is 65.9 Å². The first-order valence-electron chi connectivity index (χ1n) is 9.38. The average molecular weight is 524 g/mol. The molecule has 1 heterocycles. The summed E-state index contributed by atoms with van der Waals surface area (Å²) >= 11 is 5.93. The summed E-state index contributed by atoms with van der Waals surface area (Å²) in [5.41, 5.74) is 3.72. The molecule has 0 unspecified atom stereocenters. The molecule has 5 nitrogen and oxygen atoms in total. The number of halogens is 2. The van der Waals surface area contributed by atoms with Crippen molar-refractivity contribution in [3.8, 4) is 0 Å². The molecular formula is C22H27ClIN5. The smallest absolute Gasteiger partial charge is 0.191 e. The quantitative estimate of drug-likeness (QED) is 0.274. The number of nitrogens with one attached hydrogen (secondary N) is 2. The highest BCUT2D eigenvalue weighted by atomic mass is 127. The third-order valence-electron chi connectivity index (χ3n) is 4.57. The highest BCUT2D eigenvalue weighted by Crippen LogP contribution is 2.10. The highest BCUT2D eigenvalue weighted by Gasteiger charge is 2.02. The van der Waals surface area contributed by atoms with Gasteiger partial charge in [-0.25, -0.2) is 4.98 Å². The number of aliphatic imine (C=N–C) groups is 1. The Morgan fingerprint density at radius 1 is 1.07 bits per heavy atom. The number of nitrogens with zero attached hydrogens (tertiary/aromatic N) is 3. The molecule has 2 aromatic carbocycles. The number of benzene rings is 2. The van der Waals surface area contributed by atoms with E-state index >= 15 is 0 Å². The minimum atomic E-state index is 0. The Labute approximate surface area is 194 Å². The van der Waals surface area contributed by atoms with E-state index in [1.807, 2.05) is 43.6 Å². The van der Waals surface area contributed by atoms with E-state index in [0.29, 0.717) is 0 Å². The summed E-state index contributed by atoms with van der Waals surface area (Å²) in [6.45, 7) is 4.37. The molecule has 2 N–H and O–H groups in total. The first-order chi connectivity index (χ1) is 13.6. The summed E-state index contributed by atoms with van der Waals surface area (Å²) in [6, 6.07) is 16.5. The van der Waals surface area contributed by atoms with Gasteiger partial charge in [0.2, 0.25) is 0 Å². The van der Waals surface area contributed by atoms with E-state index in [0.717, 1.165) is 42.9 Å². The van der Waals surface area contributed by atoms with Crippen molar-refractivity contribution in [2.45, 2.75) is 26.4 Å². The maximum atomic E-state index is 5.93. The van der Waals surface area contributed by atoms with E-state index in [4.69, 9.17) is 11.6 Å². The van der Waals surface area contributed by atoms with Crippen molar-refractivity contribution in [1.82, 2.24) is 20.2 Å². The number of guanidine groups is 1. The number of imidazole rings is 1. The van der Waals surface area contributed by atoms with Gasteiger partial charge in [0.15, 0.2) is 5.96 Å². The molecule has 0 bridgehead atoms. The third-order valence-corrected chi connectivity index (χ3v) is 4.82. The lowest BCUT2D eigenvalue weighted by Crippen LogP contribution is -2.37. The second-order valence-electron chi connectivity index (χ2n) is 6.65. The predicted molar refractivity (Wildman–Crippen MR) is 131 cm³/mol. The molecule has 0 aliphatic carbocycles. The first-order valence-corrected chi connectivity index (χ1v) is 9.76. The largest absolute Gasteiger partial charge is 0.356 e. The van der Waals surface area contributed by atoms with E-state index in [9.17, 15) is 0 Å². The van der Waals surface area contributed by atoms with Gasteiger partial charge in [0.25, 0.3) is 0 Å². The van der Waals surface area contributed by atoms with Gasteiger partial charge in [-0.05, 0) is 42.2 Å². The summed E-state index contributed by atoms with van der Waals surface area (Å²) < 4.78 is 2.14. The third kappa shape index (κ3) is 7.36. The maximum absolute atomic E-state index is 5.93. The lowest BCUT2D eigenvalue weighted by atomic mass is 10.1. The standard InChI is InChI=1S/C22H26ClN5.HI/c1-17-25-12-13-28(17)16-20-5-3-4-19(14-20)15-27-22(24-2)26-11-10-18-6-8-21(23)9-7-18;/h3-9,12-14H,10-11,15-16H2,1-2H3,(H2,24,26,27);1H. The van der Waals surface area contributed by atoms with Gasteiger partial charge in [0, 0.05) is 44.1 Å². The Balaban J connectivity index is 0.00000300. The van der Waals surface area contributed by atoms with Crippen LogP contribution in [0.1, 0.15) is 22.5 Å². The minimum Gasteiger partial charge on any atom is -0.356 e. The van der Waals surface area contributed by atoms with Crippen molar-refractivity contribution < 1.29 is 0 Å². The van der Waals surface area contributed by atoms with Crippen LogP contribution in [0.2, 0.25) is 5.02 Å². The van der Waals surface area contributed by atoms with Crippen molar-refractivity contribution in [2.75, 3.05) is 13.6 Å². The van der Waals surface area contributed by atoms with Crippen molar-refractivity contribution >= 4 is 41.5 Å². The average Bonchev–Trinajstić information content (AvgIpc) is 3.11. The molecule has 0 saturated heterocycles. The summed E-state index contributed by atoms with van der Waals surface area (Å²) in [6.07, 6.45) is 4.75. The van der Waals surface area contributed by atoms with Crippen LogP contribution in [0.5, 0.6) is 0 Å². The van der Waals surface area contributed by atoms with Crippen molar-refractivity contribution in [3.05, 3.63) is 88.5 Å². The van der Waals surface area contributed by atoms with Gasteiger partial charge in [-0.15, -0.1) is 24.0 Å². The second-order valence-corrected chi connectivity index (χ2v) is 7.09. The molecule has 0 aliphatic heterocycles. The van der Waals surface area contributed by atoms with E-state index in [2.05, 4.69) is 49.4 Å². The van der Waals surface area contributed by atoms with Crippen LogP contribution in [0.4, 0.5) is 0 Å². The highest BCUT2D eigenvalue weighted by molar-refractivity contribution is 14.0. The van der Waals surface area contributed by atoms with Gasteiger partial charge in [0.05, 0.1) is 0 Å². The van der Waals surface area contributed by atoms with Gasteiger partial charge in [0.1, 0.15) is 5.82 Å². The zero-order chi connectivity index (χ0) is 19.8. The lowest BCUT2D eigenvalue weighted by Gasteiger charge is -2.13. The van der Waals surface area contributed by atoms with Crippen LogP contribution in [0.3, 0.4) is 0 Å². The number of hydrogen-bond donors (Lipinski definition) is 2. The fourth-order valence-corrected chi connectivity index (χ4v) is 3.11. The number of rotatable bonds is 7. The molecule has 3 rings (SSSR count). The van der Waals surface area contributed by atoms with Gasteiger partial charge in [-0.1, -0.05) is 48.0 Å². The van der Waals surface area contributed by atoms with E-state index in [1.54, 1.807) is 7.05 Å². The molecule has 1 aromatic heterocycles. The predicted octanol–water partition coefficient (Wildman–Crippen LogP) is 4.42. The van der Waals surface area contributed by atoms with Crippen LogP contribution >= 0.6 is 35.6 Å². The fraction of sp³-hybridized carbons (Fsp3) is 0.273. The topological polar surface area (TPSA) is 54.2 Å². The van der Waals surface area contributed by atoms with Crippen molar-refractivity contribution in [2.24, 2.45) is 4.99 Å². The molecule has 7 heteroatoms. The number of aryl methyl sites for hydroxylation is 1. The molecule has 0 atom stereocenters. The maximum Gasteiger partial charge on any atom is 0.191 e. The molecule has 154 valence electrons. The fourth-order valence-electron chi connectivity index (χ4n) is 2.99. The van der Waals surface area contributed by atoms with Gasteiger partial charge in [-0.2, -0.15) is 0 Å². The molecule has 0 radical (unpaired) electrons. The summed E-state index contributed by atoms with van der Waals surface area (Å²) in [4.78, 5) is 8.58. The summed E-state index contributed by atoms with van der Waals surface area (Å²) in [5, 5.41) is 7.50. The monoisotopic (exact) mass is 523 g/mol. The van der Waals surface area contributed by atoms with Crippen LogP contribution < -0.4 is 10.6 Å². The molecule has 0 fully saturated rings. The van der Waals surface area contributed by atoms with Crippen LogP contribution in [0.25, 0.3) is 0 Å². The molecular weight excluding hydrogens is 497 g/mol. The van der Waals surface area contributed by atoms with Crippen LogP contribution in [-0.4, -0.2) is 29.1 Å². The molecule has 3 aromatic rings. The van der Waals surface area contributed by atoms with E-state index in [-0.39, 0.29) is 24.0 Å². The lowest BCUT2D eigenvalue weighted by molar-refractivity contribution is 0.757. The second kappa shape index (κ2) is 11.8. The zero-order valence-corrected chi connectivity index (χ0v) is 19.8. The van der Waals surface area contributed by atoms with E-state index in [1.165, 1.54) is 16.7 Å². The Kier molecular flexibility index (Phi) is 9.47.